The molecular formula is C26H21FN2O2S. The van der Waals surface area contributed by atoms with Crippen molar-refractivity contribution in [2.75, 3.05) is 10.7 Å². The molecule has 0 saturated heterocycles. The van der Waals surface area contributed by atoms with Crippen LogP contribution in [-0.4, -0.2) is 22.6 Å². The standard InChI is InChI=1S/C26H21FN2O2S/c1-2-18-8-10-20(11-9-18)24(30)17-32-26-28-23(16-19-6-4-3-5-7-19)25(31)29(26)22-14-12-21(27)13-15-22/h3-16H,2,17H2,1H3. The van der Waals surface area contributed by atoms with Crippen molar-refractivity contribution >= 4 is 40.4 Å². The Bertz CT molecular complexity index is 1190. The average Bonchev–Trinajstić information content (AvgIpc) is 3.13. The smallest absolute Gasteiger partial charge is 0.283 e. The first-order valence-corrected chi connectivity index (χ1v) is 11.2. The normalized spacial score (nSPS) is 14.7. The summed E-state index contributed by atoms with van der Waals surface area (Å²) in [6.45, 7) is 2.06. The number of rotatable bonds is 6. The van der Waals surface area contributed by atoms with Gasteiger partial charge in [0.15, 0.2) is 11.0 Å². The number of carbonyl (C=O) groups excluding carboxylic acids is 2. The minimum Gasteiger partial charge on any atom is -0.293 e. The molecule has 1 amide bonds. The van der Waals surface area contributed by atoms with Crippen LogP contribution in [0.5, 0.6) is 0 Å². The number of Topliss-reactive ketones (excluding diaryl/α,β-unsaturated/α-hetero) is 1. The van der Waals surface area contributed by atoms with E-state index in [4.69, 9.17) is 0 Å². The molecule has 0 fully saturated rings. The Labute approximate surface area is 190 Å². The molecule has 0 saturated carbocycles. The number of hydrogen-bond acceptors (Lipinski definition) is 4. The number of amides is 1. The molecule has 4 nitrogen and oxygen atoms in total. The summed E-state index contributed by atoms with van der Waals surface area (Å²) in [6, 6.07) is 22.6. The number of benzene rings is 3. The van der Waals surface area contributed by atoms with Crippen LogP contribution in [0.15, 0.2) is 89.6 Å². The number of halogens is 1. The van der Waals surface area contributed by atoms with Crippen LogP contribution in [0.3, 0.4) is 0 Å². The van der Waals surface area contributed by atoms with E-state index in [0.29, 0.717) is 16.4 Å². The summed E-state index contributed by atoms with van der Waals surface area (Å²) in [6.07, 6.45) is 2.61. The van der Waals surface area contributed by atoms with Crippen LogP contribution in [-0.2, 0) is 11.2 Å². The van der Waals surface area contributed by atoms with E-state index in [-0.39, 0.29) is 23.1 Å². The largest absolute Gasteiger partial charge is 0.293 e. The van der Waals surface area contributed by atoms with Gasteiger partial charge in [0.25, 0.3) is 5.91 Å². The molecule has 0 bridgehead atoms. The van der Waals surface area contributed by atoms with E-state index >= 15 is 0 Å². The monoisotopic (exact) mass is 444 g/mol. The first-order chi connectivity index (χ1) is 15.5. The van der Waals surface area contributed by atoms with Crippen molar-refractivity contribution < 1.29 is 14.0 Å². The summed E-state index contributed by atoms with van der Waals surface area (Å²) in [7, 11) is 0. The van der Waals surface area contributed by atoms with Gasteiger partial charge < -0.3 is 0 Å². The number of hydrogen-bond donors (Lipinski definition) is 0. The van der Waals surface area contributed by atoms with Crippen LogP contribution < -0.4 is 4.90 Å². The molecule has 4 rings (SSSR count). The van der Waals surface area contributed by atoms with E-state index in [1.54, 1.807) is 6.08 Å². The highest BCUT2D eigenvalue weighted by atomic mass is 32.2. The van der Waals surface area contributed by atoms with Crippen molar-refractivity contribution in [1.82, 2.24) is 0 Å². The lowest BCUT2D eigenvalue weighted by atomic mass is 10.1. The van der Waals surface area contributed by atoms with E-state index in [2.05, 4.69) is 11.9 Å². The van der Waals surface area contributed by atoms with Crippen molar-refractivity contribution in [2.24, 2.45) is 4.99 Å². The predicted octanol–water partition coefficient (Wildman–Crippen LogP) is 5.75. The number of ketones is 1. The van der Waals surface area contributed by atoms with Crippen LogP contribution >= 0.6 is 11.8 Å². The number of aliphatic imine (C=N–C) groups is 1. The molecule has 0 aliphatic carbocycles. The number of thioether (sulfide) groups is 1. The summed E-state index contributed by atoms with van der Waals surface area (Å²) in [4.78, 5) is 31.8. The lowest BCUT2D eigenvalue weighted by Crippen LogP contribution is -2.30. The summed E-state index contributed by atoms with van der Waals surface area (Å²) < 4.78 is 13.4. The highest BCUT2D eigenvalue weighted by Crippen LogP contribution is 2.30. The molecule has 3 aromatic carbocycles. The van der Waals surface area contributed by atoms with Crippen molar-refractivity contribution in [3.05, 3.63) is 107 Å². The molecule has 6 heteroatoms. The van der Waals surface area contributed by atoms with Gasteiger partial charge >= 0.3 is 0 Å². The topological polar surface area (TPSA) is 49.7 Å². The summed E-state index contributed by atoms with van der Waals surface area (Å²) in [5.74, 6) is -0.624. The number of carbonyl (C=O) groups is 2. The first kappa shape index (κ1) is 21.7. The minimum atomic E-state index is -0.391. The fraction of sp³-hybridized carbons (Fsp3) is 0.115. The van der Waals surface area contributed by atoms with Crippen molar-refractivity contribution in [2.45, 2.75) is 13.3 Å². The van der Waals surface area contributed by atoms with Crippen LogP contribution in [0.4, 0.5) is 10.1 Å². The maximum absolute atomic E-state index is 13.4. The third-order valence-corrected chi connectivity index (χ3v) is 5.97. The highest BCUT2D eigenvalue weighted by molar-refractivity contribution is 8.14. The molecular weight excluding hydrogens is 423 g/mol. The summed E-state index contributed by atoms with van der Waals surface area (Å²) >= 11 is 1.19. The molecule has 0 radical (unpaired) electrons. The third-order valence-electron chi connectivity index (χ3n) is 5.03. The zero-order chi connectivity index (χ0) is 22.5. The SMILES string of the molecule is CCc1ccc(C(=O)CSC2=NC(=Cc3ccccc3)C(=O)N2c2ccc(F)cc2)cc1. The fourth-order valence-corrected chi connectivity index (χ4v) is 4.17. The average molecular weight is 445 g/mol. The maximum Gasteiger partial charge on any atom is 0.283 e. The summed E-state index contributed by atoms with van der Waals surface area (Å²) in [5, 5.41) is 0.391. The van der Waals surface area contributed by atoms with Crippen molar-refractivity contribution in [1.29, 1.82) is 0 Å². The van der Waals surface area contributed by atoms with Gasteiger partial charge in [-0.1, -0.05) is 73.3 Å². The number of anilines is 1. The van der Waals surface area contributed by atoms with Gasteiger partial charge in [0.05, 0.1) is 11.4 Å². The van der Waals surface area contributed by atoms with Gasteiger partial charge in [-0.15, -0.1) is 0 Å². The van der Waals surface area contributed by atoms with E-state index in [9.17, 15) is 14.0 Å². The molecule has 1 aliphatic rings. The van der Waals surface area contributed by atoms with Crippen LogP contribution in [0.25, 0.3) is 6.08 Å². The molecule has 0 atom stereocenters. The lowest BCUT2D eigenvalue weighted by Gasteiger charge is -2.17. The Morgan fingerprint density at radius 1 is 1.00 bits per heavy atom. The molecule has 0 aromatic heterocycles. The highest BCUT2D eigenvalue weighted by Gasteiger charge is 2.32. The first-order valence-electron chi connectivity index (χ1n) is 10.3. The minimum absolute atomic E-state index is 0.0488. The zero-order valence-corrected chi connectivity index (χ0v) is 18.3. The maximum atomic E-state index is 13.4. The Kier molecular flexibility index (Phi) is 6.61. The molecule has 160 valence electrons. The van der Waals surface area contributed by atoms with Gasteiger partial charge in [0.2, 0.25) is 0 Å². The number of aryl methyl sites for hydroxylation is 1. The van der Waals surface area contributed by atoms with Crippen LogP contribution in [0.2, 0.25) is 0 Å². The third kappa shape index (κ3) is 4.86. The van der Waals surface area contributed by atoms with Crippen LogP contribution in [0, 0.1) is 5.82 Å². The van der Waals surface area contributed by atoms with Gasteiger partial charge in [0.1, 0.15) is 11.5 Å². The molecule has 0 N–H and O–H groups in total. The van der Waals surface area contributed by atoms with Crippen molar-refractivity contribution in [3.8, 4) is 0 Å². The Hall–Kier alpha value is -3.51. The second-order valence-electron chi connectivity index (χ2n) is 7.21. The van der Waals surface area contributed by atoms with Crippen molar-refractivity contribution in [3.63, 3.8) is 0 Å². The second-order valence-corrected chi connectivity index (χ2v) is 8.16. The Morgan fingerprint density at radius 2 is 1.69 bits per heavy atom. The van der Waals surface area contributed by atoms with Crippen LogP contribution in [0.1, 0.15) is 28.4 Å². The van der Waals surface area contributed by atoms with Gasteiger partial charge in [-0.2, -0.15) is 0 Å². The van der Waals surface area contributed by atoms with Gasteiger partial charge in [0, 0.05) is 5.56 Å². The van der Waals surface area contributed by atoms with E-state index in [1.807, 2.05) is 54.6 Å². The predicted molar refractivity (Wildman–Crippen MR) is 128 cm³/mol. The number of amidine groups is 1. The quantitative estimate of drug-likeness (QED) is 0.359. The molecule has 1 heterocycles. The van der Waals surface area contributed by atoms with Gasteiger partial charge in [-0.05, 0) is 47.9 Å². The molecule has 1 aliphatic heterocycles. The number of nitrogens with zero attached hydrogens (tertiary/aromatic N) is 2. The fourth-order valence-electron chi connectivity index (χ4n) is 3.26. The lowest BCUT2D eigenvalue weighted by molar-refractivity contribution is -0.113. The molecule has 0 spiro atoms. The zero-order valence-electron chi connectivity index (χ0n) is 17.5. The Balaban J connectivity index is 1.59. The summed E-state index contributed by atoms with van der Waals surface area (Å²) in [5.41, 5.74) is 3.39. The van der Waals surface area contributed by atoms with Gasteiger partial charge in [-0.3, -0.25) is 14.5 Å². The van der Waals surface area contributed by atoms with E-state index < -0.39 is 5.82 Å². The molecule has 32 heavy (non-hydrogen) atoms. The van der Waals surface area contributed by atoms with E-state index in [1.165, 1.54) is 40.9 Å². The Morgan fingerprint density at radius 3 is 2.34 bits per heavy atom. The molecule has 0 unspecified atom stereocenters. The molecule has 3 aromatic rings. The van der Waals surface area contributed by atoms with Gasteiger partial charge in [-0.25, -0.2) is 9.38 Å². The van der Waals surface area contributed by atoms with E-state index in [0.717, 1.165) is 17.5 Å². The second kappa shape index (κ2) is 9.75.